The van der Waals surface area contributed by atoms with Crippen molar-refractivity contribution >= 4 is 32.0 Å². The Hall–Kier alpha value is -0.801. The van der Waals surface area contributed by atoms with Crippen molar-refractivity contribution in [3.63, 3.8) is 0 Å². The third-order valence-corrected chi connectivity index (χ3v) is 22.0. The van der Waals surface area contributed by atoms with Gasteiger partial charge in [-0.2, -0.15) is 0 Å². The molecule has 0 radical (unpaired) electrons. The minimum absolute atomic E-state index is 0.0724. The molecule has 0 unspecified atom stereocenters. The van der Waals surface area contributed by atoms with E-state index in [1.54, 1.807) is 0 Å². The van der Waals surface area contributed by atoms with E-state index in [4.69, 9.17) is 8.92 Å². The molecule has 0 saturated heterocycles. The van der Waals surface area contributed by atoms with Crippen molar-refractivity contribution in [3.8, 4) is 0 Å². The molecular formula is C24H33ClOSn. The number of halogens is 1. The van der Waals surface area contributed by atoms with Crippen molar-refractivity contribution in [2.45, 2.75) is 59.3 Å². The number of hydrogen-bond acceptors (Lipinski definition) is 1. The summed E-state index contributed by atoms with van der Waals surface area (Å²) >= 11 is -3.08. The van der Waals surface area contributed by atoms with Crippen molar-refractivity contribution in [3.05, 3.63) is 71.8 Å². The summed E-state index contributed by atoms with van der Waals surface area (Å²) in [7, 11) is 7.58. The maximum atomic E-state index is 13.3. The molecule has 0 N–H and O–H groups in total. The van der Waals surface area contributed by atoms with E-state index in [1.165, 1.54) is 31.2 Å². The fourth-order valence-corrected chi connectivity index (χ4v) is 21.1. The number of carbonyl (C=O) groups excluding carboxylic acids is 1. The van der Waals surface area contributed by atoms with E-state index < -0.39 is 17.3 Å². The van der Waals surface area contributed by atoms with Crippen molar-refractivity contribution in [2.75, 3.05) is 0 Å². The Kier molecular flexibility index (Phi) is 9.38. The first kappa shape index (κ1) is 22.5. The summed E-state index contributed by atoms with van der Waals surface area (Å²) in [6.45, 7) is 6.58. The molecule has 0 aliphatic carbocycles. The molecule has 0 amide bonds. The van der Waals surface area contributed by atoms with Crippen LogP contribution < -0.4 is 0 Å². The van der Waals surface area contributed by atoms with Gasteiger partial charge in [0.15, 0.2) is 0 Å². The van der Waals surface area contributed by atoms with Crippen LogP contribution in [0.15, 0.2) is 60.7 Å². The third kappa shape index (κ3) is 6.09. The van der Waals surface area contributed by atoms with Gasteiger partial charge in [0.1, 0.15) is 0 Å². The fraction of sp³-hybridized carbons (Fsp3) is 0.458. The molecule has 2 atom stereocenters. The molecule has 0 aliphatic rings. The summed E-state index contributed by atoms with van der Waals surface area (Å²) in [5, 5.41) is 0. The molecule has 2 aromatic rings. The summed E-state index contributed by atoms with van der Waals surface area (Å²) in [6, 6.07) is 20.3. The number of benzene rings is 2. The summed E-state index contributed by atoms with van der Waals surface area (Å²) in [5.41, 5.74) is 2.08. The Bertz CT molecular complexity index is 678. The second-order valence-corrected chi connectivity index (χ2v) is 23.2. The molecule has 1 nitrogen and oxygen atoms in total. The van der Waals surface area contributed by atoms with Crippen molar-refractivity contribution < 1.29 is 4.79 Å². The number of unbranched alkanes of at least 4 members (excludes halogenated alkanes) is 2. The van der Waals surface area contributed by atoms with Gasteiger partial charge < -0.3 is 0 Å². The van der Waals surface area contributed by atoms with Crippen LogP contribution in [0.1, 0.15) is 66.3 Å². The molecular weight excluding hydrogens is 458 g/mol. The van der Waals surface area contributed by atoms with E-state index in [9.17, 15) is 4.79 Å². The molecule has 0 aliphatic heterocycles. The zero-order valence-corrected chi connectivity index (χ0v) is 20.6. The Morgan fingerprint density at radius 1 is 0.889 bits per heavy atom. The van der Waals surface area contributed by atoms with Gasteiger partial charge in [-0.15, -0.1) is 0 Å². The first-order valence-electron chi connectivity index (χ1n) is 10.4. The molecule has 2 aromatic carbocycles. The SMILES string of the molecule is CCC[CH2][Sn]([Cl])([CH2]CCC)[C@@H](c1ccccc1)[C@@H](C)C(=O)c1ccccc1. The monoisotopic (exact) mass is 492 g/mol. The summed E-state index contributed by atoms with van der Waals surface area (Å²) < 4.78 is 2.52. The predicted octanol–water partition coefficient (Wildman–Crippen LogP) is 7.61. The molecule has 0 bridgehead atoms. The minimum atomic E-state index is -3.08. The van der Waals surface area contributed by atoms with Gasteiger partial charge in [-0.3, -0.25) is 0 Å². The van der Waals surface area contributed by atoms with Crippen LogP contribution in [-0.2, 0) is 0 Å². The van der Waals surface area contributed by atoms with E-state index in [0.717, 1.165) is 14.4 Å². The second-order valence-electron chi connectivity index (χ2n) is 7.65. The van der Waals surface area contributed by atoms with Crippen molar-refractivity contribution in [2.24, 2.45) is 5.92 Å². The number of Topliss-reactive ketones (excluding diaryl/α,β-unsaturated/α-hetero) is 1. The van der Waals surface area contributed by atoms with Gasteiger partial charge in [0.2, 0.25) is 0 Å². The van der Waals surface area contributed by atoms with Crippen LogP contribution in [0.3, 0.4) is 0 Å². The van der Waals surface area contributed by atoms with Crippen molar-refractivity contribution in [1.82, 2.24) is 0 Å². The summed E-state index contributed by atoms with van der Waals surface area (Å²) in [5.74, 6) is 0.163. The zero-order chi connectivity index (χ0) is 19.7. The van der Waals surface area contributed by atoms with Crippen LogP contribution in [0.2, 0.25) is 8.87 Å². The number of hydrogen-bond donors (Lipinski definition) is 0. The van der Waals surface area contributed by atoms with E-state index in [2.05, 4.69) is 45.0 Å². The van der Waals surface area contributed by atoms with Gasteiger partial charge in [-0.1, -0.05) is 0 Å². The Balaban J connectivity index is 2.44. The molecule has 0 heterocycles. The van der Waals surface area contributed by atoms with Crippen LogP contribution in [0.5, 0.6) is 0 Å². The Morgan fingerprint density at radius 3 is 1.85 bits per heavy atom. The topological polar surface area (TPSA) is 17.1 Å². The van der Waals surface area contributed by atoms with Gasteiger partial charge in [0.25, 0.3) is 0 Å². The van der Waals surface area contributed by atoms with Crippen LogP contribution in [-0.4, -0.2) is 23.0 Å². The molecule has 2 rings (SSSR count). The van der Waals surface area contributed by atoms with E-state index in [0.29, 0.717) is 0 Å². The second kappa shape index (κ2) is 11.3. The van der Waals surface area contributed by atoms with Gasteiger partial charge in [-0.25, -0.2) is 0 Å². The molecule has 0 saturated carbocycles. The van der Waals surface area contributed by atoms with E-state index >= 15 is 0 Å². The first-order chi connectivity index (χ1) is 13.0. The zero-order valence-electron chi connectivity index (χ0n) is 17.0. The van der Waals surface area contributed by atoms with Crippen LogP contribution in [0.25, 0.3) is 0 Å². The van der Waals surface area contributed by atoms with Crippen LogP contribution in [0, 0.1) is 5.92 Å². The van der Waals surface area contributed by atoms with Gasteiger partial charge in [0, 0.05) is 0 Å². The standard InChI is InChI=1S/C16H15O.2C4H9.ClH.Sn/c1-13(12-14-8-4-2-5-9-14)16(17)15-10-6-3-7-11-15;2*1-3-4-2;;/h2-13H,1H3;2*1,3-4H2,2H3;1H;/q;;;;+1/p-1/t13-;;;;/m1..../s1. The van der Waals surface area contributed by atoms with Crippen molar-refractivity contribution in [1.29, 1.82) is 0 Å². The average Bonchev–Trinajstić information content (AvgIpc) is 2.72. The number of carbonyl (C=O) groups is 1. The Morgan fingerprint density at radius 2 is 1.37 bits per heavy atom. The third-order valence-electron chi connectivity index (χ3n) is 5.58. The average molecular weight is 492 g/mol. The molecule has 146 valence electrons. The van der Waals surface area contributed by atoms with Gasteiger partial charge in [-0.05, 0) is 0 Å². The molecule has 0 spiro atoms. The van der Waals surface area contributed by atoms with Crippen LogP contribution in [0.4, 0.5) is 0 Å². The number of rotatable bonds is 11. The first-order valence-corrected chi connectivity index (χ1v) is 19.7. The van der Waals surface area contributed by atoms with Gasteiger partial charge >= 0.3 is 174 Å². The summed E-state index contributed by atoms with van der Waals surface area (Å²) in [6.07, 6.45) is 4.69. The van der Waals surface area contributed by atoms with E-state index in [-0.39, 0.29) is 15.6 Å². The molecule has 3 heteroatoms. The van der Waals surface area contributed by atoms with Gasteiger partial charge in [0.05, 0.1) is 0 Å². The number of ketones is 1. The normalized spacial score (nSPS) is 13.9. The van der Waals surface area contributed by atoms with Crippen LogP contribution >= 0.6 is 8.92 Å². The summed E-state index contributed by atoms with van der Waals surface area (Å²) in [4.78, 5) is 13.3. The quantitative estimate of drug-likeness (QED) is 0.233. The molecule has 27 heavy (non-hydrogen) atoms. The predicted molar refractivity (Wildman–Crippen MR) is 120 cm³/mol. The Labute approximate surface area is 173 Å². The fourth-order valence-electron chi connectivity index (χ4n) is 4.09. The maximum absolute atomic E-state index is 13.3. The van der Waals surface area contributed by atoms with E-state index in [1.807, 2.05) is 36.4 Å². The molecule has 0 fully saturated rings. The molecule has 0 aromatic heterocycles.